The topological polar surface area (TPSA) is 81.1 Å². The molecule has 1 aliphatic rings. The summed E-state index contributed by atoms with van der Waals surface area (Å²) in [7, 11) is 0. The van der Waals surface area contributed by atoms with E-state index in [9.17, 15) is 9.90 Å². The van der Waals surface area contributed by atoms with Crippen LogP contribution in [-0.2, 0) is 9.53 Å². The first kappa shape index (κ1) is 21.8. The van der Waals surface area contributed by atoms with Crippen LogP contribution >= 0.6 is 22.9 Å². The summed E-state index contributed by atoms with van der Waals surface area (Å²) in [6.45, 7) is 5.20. The van der Waals surface area contributed by atoms with Gasteiger partial charge in [0.25, 0.3) is 5.19 Å². The van der Waals surface area contributed by atoms with Gasteiger partial charge in [0.2, 0.25) is 5.60 Å². The Morgan fingerprint density at radius 3 is 2.65 bits per heavy atom. The van der Waals surface area contributed by atoms with Crippen molar-refractivity contribution in [2.24, 2.45) is 0 Å². The lowest BCUT2D eigenvalue weighted by molar-refractivity contribution is -0.154. The van der Waals surface area contributed by atoms with Crippen molar-refractivity contribution < 1.29 is 24.1 Å². The fourth-order valence-electron chi connectivity index (χ4n) is 3.26. The molecule has 0 bridgehead atoms. The van der Waals surface area contributed by atoms with Crippen molar-refractivity contribution in [3.8, 4) is 16.7 Å². The van der Waals surface area contributed by atoms with Gasteiger partial charge >= 0.3 is 5.97 Å². The molecule has 9 heteroatoms. The van der Waals surface area contributed by atoms with E-state index in [0.717, 1.165) is 23.3 Å². The van der Waals surface area contributed by atoms with Crippen LogP contribution < -0.4 is 9.47 Å². The molecule has 0 amide bonds. The van der Waals surface area contributed by atoms with Crippen LogP contribution in [-0.4, -0.2) is 59.4 Å². The first-order valence-corrected chi connectivity index (χ1v) is 11.2. The first-order chi connectivity index (χ1) is 14.9. The van der Waals surface area contributed by atoms with Crippen molar-refractivity contribution in [3.05, 3.63) is 47.5 Å². The second kappa shape index (κ2) is 9.40. The van der Waals surface area contributed by atoms with Crippen molar-refractivity contribution in [1.29, 1.82) is 0 Å². The van der Waals surface area contributed by atoms with Crippen LogP contribution in [0.3, 0.4) is 0 Å². The van der Waals surface area contributed by atoms with Crippen molar-refractivity contribution in [2.75, 3.05) is 32.8 Å². The molecular formula is C22H23ClN2O5S. The van der Waals surface area contributed by atoms with Gasteiger partial charge in [-0.05, 0) is 49.4 Å². The summed E-state index contributed by atoms with van der Waals surface area (Å²) in [4.78, 5) is 18.5. The highest BCUT2D eigenvalue weighted by atomic mass is 35.5. The van der Waals surface area contributed by atoms with Gasteiger partial charge in [-0.3, -0.25) is 4.90 Å². The standard InChI is InChI=1S/C22H23ClN2O5S/c1-22(20(26)27,8-9-25-10-12-28-13-11-25)30-17-5-3-16(4-6-17)29-21-24-18-7-2-15(23)14-19(18)31-21/h2-7,14H,8-13H2,1H3,(H,26,27). The molecule has 0 saturated carbocycles. The van der Waals surface area contributed by atoms with E-state index in [0.29, 0.717) is 47.9 Å². The van der Waals surface area contributed by atoms with Crippen LogP contribution in [0.1, 0.15) is 13.3 Å². The van der Waals surface area contributed by atoms with Crippen LogP contribution in [0.15, 0.2) is 42.5 Å². The number of benzene rings is 2. The Kier molecular flexibility index (Phi) is 6.62. The summed E-state index contributed by atoms with van der Waals surface area (Å²) >= 11 is 7.43. The van der Waals surface area contributed by atoms with Gasteiger partial charge in [-0.25, -0.2) is 9.78 Å². The summed E-state index contributed by atoms with van der Waals surface area (Å²) in [6.07, 6.45) is 0.370. The number of carbonyl (C=O) groups is 1. The molecule has 1 saturated heterocycles. The van der Waals surface area contributed by atoms with E-state index >= 15 is 0 Å². The fraction of sp³-hybridized carbons (Fsp3) is 0.364. The molecule has 164 valence electrons. The Morgan fingerprint density at radius 1 is 1.23 bits per heavy atom. The van der Waals surface area contributed by atoms with Crippen molar-refractivity contribution in [2.45, 2.75) is 18.9 Å². The van der Waals surface area contributed by atoms with Gasteiger partial charge in [-0.1, -0.05) is 22.9 Å². The average Bonchev–Trinajstić information content (AvgIpc) is 3.15. The number of morpholine rings is 1. The SMILES string of the molecule is CC(CCN1CCOCC1)(Oc1ccc(Oc2nc3ccc(Cl)cc3s2)cc1)C(=O)O. The van der Waals surface area contributed by atoms with Crippen LogP contribution in [0.5, 0.6) is 16.7 Å². The number of halogens is 1. The van der Waals surface area contributed by atoms with E-state index in [1.807, 2.05) is 12.1 Å². The van der Waals surface area contributed by atoms with E-state index < -0.39 is 11.6 Å². The molecule has 1 aliphatic heterocycles. The maximum atomic E-state index is 11.9. The summed E-state index contributed by atoms with van der Waals surface area (Å²) in [5.41, 5.74) is -0.505. The zero-order valence-electron chi connectivity index (χ0n) is 17.0. The van der Waals surface area contributed by atoms with E-state index in [2.05, 4.69) is 9.88 Å². The molecule has 0 radical (unpaired) electrons. The lowest BCUT2D eigenvalue weighted by Crippen LogP contribution is -2.46. The van der Waals surface area contributed by atoms with Gasteiger partial charge in [0.05, 0.1) is 23.4 Å². The third kappa shape index (κ3) is 5.46. The molecule has 1 atom stereocenters. The molecule has 1 fully saturated rings. The zero-order valence-corrected chi connectivity index (χ0v) is 18.6. The van der Waals surface area contributed by atoms with Crippen molar-refractivity contribution in [1.82, 2.24) is 9.88 Å². The molecule has 7 nitrogen and oxygen atoms in total. The Balaban J connectivity index is 1.40. The molecule has 1 unspecified atom stereocenters. The number of carboxylic acids is 1. The number of aromatic nitrogens is 1. The number of rotatable bonds is 8. The van der Waals surface area contributed by atoms with Crippen LogP contribution in [0.2, 0.25) is 5.02 Å². The first-order valence-electron chi connectivity index (χ1n) is 9.98. The monoisotopic (exact) mass is 462 g/mol. The van der Waals surface area contributed by atoms with Gasteiger partial charge in [0, 0.05) is 31.1 Å². The van der Waals surface area contributed by atoms with E-state index in [4.69, 9.17) is 25.8 Å². The van der Waals surface area contributed by atoms with Crippen molar-refractivity contribution >= 4 is 39.1 Å². The van der Waals surface area contributed by atoms with Gasteiger partial charge < -0.3 is 19.3 Å². The number of nitrogens with zero attached hydrogens (tertiary/aromatic N) is 2. The van der Waals surface area contributed by atoms with Gasteiger partial charge in [-0.15, -0.1) is 0 Å². The molecular weight excluding hydrogens is 440 g/mol. The zero-order chi connectivity index (χ0) is 21.8. The largest absolute Gasteiger partial charge is 0.478 e. The highest BCUT2D eigenvalue weighted by molar-refractivity contribution is 7.20. The second-order valence-corrected chi connectivity index (χ2v) is 8.94. The minimum absolute atomic E-state index is 0.370. The van der Waals surface area contributed by atoms with Gasteiger partial charge in [-0.2, -0.15) is 0 Å². The normalized spacial score (nSPS) is 16.7. The fourth-order valence-corrected chi connectivity index (χ4v) is 4.37. The summed E-state index contributed by atoms with van der Waals surface area (Å²) in [5.74, 6) is 0.0624. The lowest BCUT2D eigenvalue weighted by Gasteiger charge is -2.31. The van der Waals surface area contributed by atoms with Crippen LogP contribution in [0, 0.1) is 0 Å². The molecule has 1 aromatic heterocycles. The Bertz CT molecular complexity index is 1050. The van der Waals surface area contributed by atoms with E-state index in [1.165, 1.54) is 11.3 Å². The number of fused-ring (bicyclic) bond motifs is 1. The molecule has 0 spiro atoms. The van der Waals surface area contributed by atoms with Crippen LogP contribution in [0.4, 0.5) is 0 Å². The third-order valence-corrected chi connectivity index (χ3v) is 6.30. The van der Waals surface area contributed by atoms with E-state index in [-0.39, 0.29) is 0 Å². The number of thiazole rings is 1. The van der Waals surface area contributed by atoms with Crippen LogP contribution in [0.25, 0.3) is 10.2 Å². The highest BCUT2D eigenvalue weighted by Gasteiger charge is 2.36. The number of ether oxygens (including phenoxy) is 3. The molecule has 1 N–H and O–H groups in total. The third-order valence-electron chi connectivity index (χ3n) is 5.16. The summed E-state index contributed by atoms with van der Waals surface area (Å²) < 4.78 is 18.0. The Labute approximate surface area is 189 Å². The minimum atomic E-state index is -1.33. The molecule has 31 heavy (non-hydrogen) atoms. The minimum Gasteiger partial charge on any atom is -0.478 e. The Hall–Kier alpha value is -2.39. The van der Waals surface area contributed by atoms with Crippen molar-refractivity contribution in [3.63, 3.8) is 0 Å². The molecule has 4 rings (SSSR count). The van der Waals surface area contributed by atoms with Gasteiger partial charge in [0.1, 0.15) is 11.5 Å². The summed E-state index contributed by atoms with van der Waals surface area (Å²) in [6, 6.07) is 12.4. The lowest BCUT2D eigenvalue weighted by atomic mass is 10.0. The molecule has 0 aliphatic carbocycles. The number of aliphatic carboxylic acids is 1. The maximum Gasteiger partial charge on any atom is 0.347 e. The quantitative estimate of drug-likeness (QED) is 0.520. The molecule has 2 heterocycles. The predicted octanol–water partition coefficient (Wildman–Crippen LogP) is 4.69. The van der Waals surface area contributed by atoms with Gasteiger partial charge in [0.15, 0.2) is 0 Å². The maximum absolute atomic E-state index is 11.9. The smallest absolute Gasteiger partial charge is 0.347 e. The second-order valence-electron chi connectivity index (χ2n) is 7.51. The Morgan fingerprint density at radius 2 is 1.94 bits per heavy atom. The van der Waals surface area contributed by atoms with E-state index in [1.54, 1.807) is 37.3 Å². The predicted molar refractivity (Wildman–Crippen MR) is 120 cm³/mol. The number of carboxylic acid groups (broad SMARTS) is 1. The average molecular weight is 463 g/mol. The highest BCUT2D eigenvalue weighted by Crippen LogP contribution is 2.33. The number of hydrogen-bond acceptors (Lipinski definition) is 7. The number of hydrogen-bond donors (Lipinski definition) is 1. The molecule has 2 aromatic carbocycles. The summed E-state index contributed by atoms with van der Waals surface area (Å²) in [5, 5.41) is 10.9. The molecule has 3 aromatic rings.